The lowest BCUT2D eigenvalue weighted by Gasteiger charge is -2.35. The molecule has 0 aliphatic carbocycles. The Balaban J connectivity index is 1.52. The van der Waals surface area contributed by atoms with Gasteiger partial charge in [-0.2, -0.15) is 0 Å². The molecule has 1 fully saturated rings. The molecule has 0 radical (unpaired) electrons. The minimum Gasteiger partial charge on any atom is -0.460 e. The van der Waals surface area contributed by atoms with Crippen LogP contribution in [0.25, 0.3) is 0 Å². The van der Waals surface area contributed by atoms with E-state index in [9.17, 15) is 9.90 Å². The van der Waals surface area contributed by atoms with Crippen molar-refractivity contribution < 1.29 is 14.6 Å². The minimum atomic E-state index is -0.354. The monoisotopic (exact) mass is 392 g/mol. The van der Waals surface area contributed by atoms with Crippen LogP contribution in [0.5, 0.6) is 0 Å². The van der Waals surface area contributed by atoms with Crippen LogP contribution < -0.4 is 0 Å². The Labute approximate surface area is 169 Å². The molecule has 0 bridgehead atoms. The Kier molecular flexibility index (Phi) is 10.9. The molecule has 2 rings (SSSR count). The number of aliphatic hydroxyl groups is 1. The standard InChI is InChI=1S/C23H36O3S/c1-2-3-4-5-6-7-8-9-13-16-20(24)17-21-22(23(25)26-21)27-18-19-14-11-10-12-15-19/h10-12,14-15,20-22,24H,2-9,13,16-18H2,1H3. The minimum absolute atomic E-state index is 0.122. The van der Waals surface area contributed by atoms with Gasteiger partial charge in [0.15, 0.2) is 0 Å². The van der Waals surface area contributed by atoms with E-state index >= 15 is 0 Å². The SMILES string of the molecule is CCCCCCCCCCCC(O)CC1OC(=O)C1SCc1ccccc1. The molecule has 1 N–H and O–H groups in total. The van der Waals surface area contributed by atoms with E-state index in [1.165, 1.54) is 56.9 Å². The summed E-state index contributed by atoms with van der Waals surface area (Å²) in [6.07, 6.45) is 12.5. The van der Waals surface area contributed by atoms with Crippen LogP contribution in [-0.2, 0) is 15.3 Å². The average Bonchev–Trinajstić information content (AvgIpc) is 2.67. The highest BCUT2D eigenvalue weighted by molar-refractivity contribution is 8.00. The molecule has 0 amide bonds. The van der Waals surface area contributed by atoms with E-state index in [4.69, 9.17) is 4.74 Å². The van der Waals surface area contributed by atoms with Gasteiger partial charge in [0.1, 0.15) is 11.4 Å². The Morgan fingerprint density at radius 1 is 1.00 bits per heavy atom. The maximum atomic E-state index is 11.7. The third-order valence-electron chi connectivity index (χ3n) is 5.26. The molecule has 0 spiro atoms. The number of rotatable bonds is 15. The van der Waals surface area contributed by atoms with Gasteiger partial charge in [-0.25, -0.2) is 0 Å². The molecular weight excluding hydrogens is 356 g/mol. The number of thioether (sulfide) groups is 1. The molecular formula is C23H36O3S. The van der Waals surface area contributed by atoms with Crippen molar-refractivity contribution in [2.75, 3.05) is 0 Å². The van der Waals surface area contributed by atoms with Crippen molar-refractivity contribution in [3.63, 3.8) is 0 Å². The van der Waals surface area contributed by atoms with Gasteiger partial charge in [-0.1, -0.05) is 95.0 Å². The zero-order chi connectivity index (χ0) is 19.3. The predicted octanol–water partition coefficient (Wildman–Crippen LogP) is 5.89. The summed E-state index contributed by atoms with van der Waals surface area (Å²) in [5.41, 5.74) is 1.22. The summed E-state index contributed by atoms with van der Waals surface area (Å²) < 4.78 is 5.28. The van der Waals surface area contributed by atoms with Gasteiger partial charge in [0.05, 0.1) is 6.10 Å². The summed E-state index contributed by atoms with van der Waals surface area (Å²) in [7, 11) is 0. The van der Waals surface area contributed by atoms with Crippen LogP contribution in [0.4, 0.5) is 0 Å². The van der Waals surface area contributed by atoms with Crippen LogP contribution in [0.15, 0.2) is 30.3 Å². The first-order valence-corrected chi connectivity index (χ1v) is 11.8. The molecule has 1 aromatic carbocycles. The van der Waals surface area contributed by atoms with Crippen molar-refractivity contribution in [2.24, 2.45) is 0 Å². The number of ether oxygens (including phenoxy) is 1. The first-order chi connectivity index (χ1) is 13.2. The third kappa shape index (κ3) is 8.69. The van der Waals surface area contributed by atoms with Gasteiger partial charge < -0.3 is 9.84 Å². The van der Waals surface area contributed by atoms with Crippen LogP contribution in [0.3, 0.4) is 0 Å². The number of carbonyl (C=O) groups is 1. The summed E-state index contributed by atoms with van der Waals surface area (Å²) in [5.74, 6) is 0.682. The number of aliphatic hydroxyl groups excluding tert-OH is 1. The summed E-state index contributed by atoms with van der Waals surface area (Å²) in [4.78, 5) is 11.7. The molecule has 27 heavy (non-hydrogen) atoms. The van der Waals surface area contributed by atoms with E-state index in [0.29, 0.717) is 6.42 Å². The van der Waals surface area contributed by atoms with Crippen molar-refractivity contribution in [3.8, 4) is 0 Å². The quantitative estimate of drug-likeness (QED) is 0.299. The molecule has 1 aliphatic rings. The normalized spacial score (nSPS) is 20.1. The molecule has 1 heterocycles. The molecule has 1 saturated heterocycles. The number of unbranched alkanes of at least 4 members (excludes halogenated alkanes) is 8. The first kappa shape index (κ1) is 22.3. The van der Waals surface area contributed by atoms with Crippen molar-refractivity contribution in [1.29, 1.82) is 0 Å². The largest absolute Gasteiger partial charge is 0.460 e. The van der Waals surface area contributed by atoms with Gasteiger partial charge in [0.25, 0.3) is 0 Å². The highest BCUT2D eigenvalue weighted by Crippen LogP contribution is 2.33. The van der Waals surface area contributed by atoms with Gasteiger partial charge in [-0.15, -0.1) is 11.8 Å². The summed E-state index contributed by atoms with van der Waals surface area (Å²) >= 11 is 1.63. The molecule has 0 aromatic heterocycles. The molecule has 0 saturated carbocycles. The number of hydrogen-bond donors (Lipinski definition) is 1. The number of hydrogen-bond acceptors (Lipinski definition) is 4. The van der Waals surface area contributed by atoms with Gasteiger partial charge in [0.2, 0.25) is 0 Å². The van der Waals surface area contributed by atoms with Crippen LogP contribution in [0.2, 0.25) is 0 Å². The highest BCUT2D eigenvalue weighted by Gasteiger charge is 2.43. The average molecular weight is 393 g/mol. The fourth-order valence-electron chi connectivity index (χ4n) is 3.54. The Morgan fingerprint density at radius 2 is 1.63 bits per heavy atom. The lowest BCUT2D eigenvalue weighted by molar-refractivity contribution is -0.169. The lowest BCUT2D eigenvalue weighted by atomic mass is 9.99. The topological polar surface area (TPSA) is 46.5 Å². The van der Waals surface area contributed by atoms with Gasteiger partial charge in [-0.3, -0.25) is 4.79 Å². The van der Waals surface area contributed by atoms with Crippen LogP contribution in [0, 0.1) is 0 Å². The van der Waals surface area contributed by atoms with Gasteiger partial charge in [0, 0.05) is 12.2 Å². The Morgan fingerprint density at radius 3 is 2.26 bits per heavy atom. The number of cyclic esters (lactones) is 1. The van der Waals surface area contributed by atoms with E-state index < -0.39 is 0 Å². The summed E-state index contributed by atoms with van der Waals surface area (Å²) in [5, 5.41) is 10.2. The summed E-state index contributed by atoms with van der Waals surface area (Å²) in [6.45, 7) is 2.25. The third-order valence-corrected chi connectivity index (χ3v) is 6.61. The van der Waals surface area contributed by atoms with Gasteiger partial charge >= 0.3 is 5.97 Å². The van der Waals surface area contributed by atoms with E-state index in [0.717, 1.165) is 18.6 Å². The number of carbonyl (C=O) groups excluding carboxylic acids is 1. The van der Waals surface area contributed by atoms with Crippen molar-refractivity contribution in [2.45, 2.75) is 101 Å². The smallest absolute Gasteiger partial charge is 0.323 e. The van der Waals surface area contributed by atoms with E-state index in [1.54, 1.807) is 11.8 Å². The van der Waals surface area contributed by atoms with Crippen LogP contribution >= 0.6 is 11.8 Å². The second kappa shape index (κ2) is 13.2. The maximum Gasteiger partial charge on any atom is 0.323 e. The highest BCUT2D eigenvalue weighted by atomic mass is 32.2. The molecule has 1 aliphatic heterocycles. The lowest BCUT2D eigenvalue weighted by Crippen LogP contribution is -2.49. The molecule has 1 aromatic rings. The van der Waals surface area contributed by atoms with Crippen molar-refractivity contribution >= 4 is 17.7 Å². The van der Waals surface area contributed by atoms with Crippen LogP contribution in [-0.4, -0.2) is 28.5 Å². The van der Waals surface area contributed by atoms with E-state index in [2.05, 4.69) is 19.1 Å². The first-order valence-electron chi connectivity index (χ1n) is 10.7. The second-order valence-electron chi connectivity index (χ2n) is 7.70. The zero-order valence-corrected chi connectivity index (χ0v) is 17.6. The molecule has 3 nitrogen and oxygen atoms in total. The van der Waals surface area contributed by atoms with E-state index in [-0.39, 0.29) is 23.4 Å². The van der Waals surface area contributed by atoms with E-state index in [1.807, 2.05) is 18.2 Å². The van der Waals surface area contributed by atoms with Crippen LogP contribution in [0.1, 0.15) is 83.1 Å². The van der Waals surface area contributed by atoms with Gasteiger partial charge in [-0.05, 0) is 12.0 Å². The zero-order valence-electron chi connectivity index (χ0n) is 16.8. The molecule has 3 unspecified atom stereocenters. The number of esters is 1. The second-order valence-corrected chi connectivity index (χ2v) is 8.83. The molecule has 152 valence electrons. The molecule has 4 heteroatoms. The fourth-order valence-corrected chi connectivity index (χ4v) is 4.68. The Bertz CT molecular complexity index is 520. The molecule has 3 atom stereocenters. The number of benzene rings is 1. The Hall–Kier alpha value is -1.00. The predicted molar refractivity (Wildman–Crippen MR) is 114 cm³/mol. The maximum absolute atomic E-state index is 11.7. The van der Waals surface area contributed by atoms with Crippen molar-refractivity contribution in [3.05, 3.63) is 35.9 Å². The fraction of sp³-hybridized carbons (Fsp3) is 0.696. The summed E-state index contributed by atoms with van der Waals surface area (Å²) in [6, 6.07) is 10.2. The van der Waals surface area contributed by atoms with Crippen molar-refractivity contribution in [1.82, 2.24) is 0 Å².